The number of rotatable bonds is 3. The maximum absolute atomic E-state index is 11.7. The molecule has 1 aliphatic heterocycles. The number of likely N-dealkylation sites (tertiary alicyclic amines) is 1. The molecule has 2 aliphatic rings. The predicted molar refractivity (Wildman–Crippen MR) is 68.0 cm³/mol. The predicted octanol–water partition coefficient (Wildman–Crippen LogP) is 2.75. The van der Waals surface area contributed by atoms with Crippen molar-refractivity contribution in [3.8, 4) is 0 Å². The van der Waals surface area contributed by atoms with Gasteiger partial charge in [0.2, 0.25) is 0 Å². The monoisotopic (exact) mass is 239 g/mol. The summed E-state index contributed by atoms with van der Waals surface area (Å²) in [5.41, 5.74) is -0.444. The number of nitrogens with zero attached hydrogens (tertiary/aromatic N) is 1. The van der Waals surface area contributed by atoms with Gasteiger partial charge < -0.3 is 10.0 Å². The molecule has 1 heterocycles. The van der Waals surface area contributed by atoms with E-state index in [1.807, 2.05) is 0 Å². The molecular weight excluding hydrogens is 214 g/mol. The first-order valence-corrected chi connectivity index (χ1v) is 7.08. The zero-order valence-electron chi connectivity index (χ0n) is 11.0. The average Bonchev–Trinajstić information content (AvgIpc) is 2.54. The van der Waals surface area contributed by atoms with Gasteiger partial charge in [-0.05, 0) is 31.7 Å². The minimum absolute atomic E-state index is 0.444. The van der Waals surface area contributed by atoms with Gasteiger partial charge >= 0.3 is 5.97 Å². The lowest BCUT2D eigenvalue weighted by Gasteiger charge is -2.32. The van der Waals surface area contributed by atoms with Gasteiger partial charge in [0.1, 0.15) is 0 Å². The number of aliphatic carboxylic acids is 1. The summed E-state index contributed by atoms with van der Waals surface area (Å²) in [5.74, 6) is 0.186. The molecule has 0 aromatic heterocycles. The Balaban J connectivity index is 2.02. The minimum atomic E-state index is -0.557. The van der Waals surface area contributed by atoms with Gasteiger partial charge in [0, 0.05) is 13.1 Å². The Labute approximate surface area is 104 Å². The van der Waals surface area contributed by atoms with Gasteiger partial charge in [-0.25, -0.2) is 0 Å². The van der Waals surface area contributed by atoms with E-state index in [9.17, 15) is 9.90 Å². The van der Waals surface area contributed by atoms with Gasteiger partial charge in [-0.1, -0.05) is 32.6 Å². The highest BCUT2D eigenvalue weighted by Gasteiger charge is 2.40. The summed E-state index contributed by atoms with van der Waals surface area (Å²) >= 11 is 0. The van der Waals surface area contributed by atoms with E-state index in [0.717, 1.165) is 51.2 Å². The molecule has 1 unspecified atom stereocenters. The van der Waals surface area contributed by atoms with Gasteiger partial charge in [-0.15, -0.1) is 0 Å². The first-order chi connectivity index (χ1) is 8.12. The third kappa shape index (κ3) is 3.01. The van der Waals surface area contributed by atoms with Crippen LogP contribution in [0.2, 0.25) is 0 Å². The molecule has 1 saturated heterocycles. The Morgan fingerprint density at radius 1 is 1.29 bits per heavy atom. The van der Waals surface area contributed by atoms with Gasteiger partial charge in [0.15, 0.2) is 0 Å². The first-order valence-electron chi connectivity index (χ1n) is 7.08. The molecule has 2 fully saturated rings. The quantitative estimate of drug-likeness (QED) is 0.770. The molecule has 0 amide bonds. The Morgan fingerprint density at radius 2 is 1.94 bits per heavy atom. The van der Waals surface area contributed by atoms with Crippen molar-refractivity contribution in [1.82, 2.24) is 4.90 Å². The van der Waals surface area contributed by atoms with E-state index in [2.05, 4.69) is 11.8 Å². The summed E-state index contributed by atoms with van der Waals surface area (Å²) in [6.45, 7) is 5.23. The highest BCUT2D eigenvalue weighted by atomic mass is 16.4. The Hall–Kier alpha value is -0.570. The van der Waals surface area contributed by atoms with Crippen LogP contribution in [0, 0.1) is 11.3 Å². The molecular formula is C14H25NO2. The van der Waals surface area contributed by atoms with Crippen LogP contribution in [0.25, 0.3) is 0 Å². The summed E-state index contributed by atoms with van der Waals surface area (Å²) in [7, 11) is 0. The fourth-order valence-electron chi connectivity index (χ4n) is 3.44. The number of hydrogen-bond acceptors (Lipinski definition) is 2. The average molecular weight is 239 g/mol. The molecule has 98 valence electrons. The van der Waals surface area contributed by atoms with Crippen molar-refractivity contribution in [2.75, 3.05) is 19.6 Å². The van der Waals surface area contributed by atoms with Crippen LogP contribution in [0.3, 0.4) is 0 Å². The molecule has 0 aromatic rings. The molecule has 17 heavy (non-hydrogen) atoms. The molecule has 1 saturated carbocycles. The lowest BCUT2D eigenvalue weighted by molar-refractivity contribution is -0.151. The van der Waals surface area contributed by atoms with Crippen LogP contribution in [0.5, 0.6) is 0 Å². The third-order valence-electron chi connectivity index (χ3n) is 4.55. The fourth-order valence-corrected chi connectivity index (χ4v) is 3.44. The summed E-state index contributed by atoms with van der Waals surface area (Å²) in [6, 6.07) is 0. The van der Waals surface area contributed by atoms with Gasteiger partial charge in [-0.2, -0.15) is 0 Å². The van der Waals surface area contributed by atoms with Gasteiger partial charge in [-0.3, -0.25) is 4.79 Å². The van der Waals surface area contributed by atoms with Crippen molar-refractivity contribution in [3.05, 3.63) is 0 Å². The van der Waals surface area contributed by atoms with Crippen LogP contribution < -0.4 is 0 Å². The van der Waals surface area contributed by atoms with Crippen LogP contribution in [0.4, 0.5) is 0 Å². The summed E-state index contributed by atoms with van der Waals surface area (Å²) in [4.78, 5) is 14.1. The standard InChI is InChI=1S/C14H25NO2/c1-12-6-9-15(10-12)11-14(13(16)17)7-4-2-3-5-8-14/h12H,2-11H2,1H3,(H,16,17). The van der Waals surface area contributed by atoms with E-state index < -0.39 is 11.4 Å². The van der Waals surface area contributed by atoms with Crippen LogP contribution in [-0.4, -0.2) is 35.6 Å². The van der Waals surface area contributed by atoms with Gasteiger partial charge in [0.05, 0.1) is 5.41 Å². The van der Waals surface area contributed by atoms with Crippen molar-refractivity contribution >= 4 is 5.97 Å². The molecule has 0 radical (unpaired) electrons. The number of hydrogen-bond donors (Lipinski definition) is 1. The third-order valence-corrected chi connectivity index (χ3v) is 4.55. The van der Waals surface area contributed by atoms with Crippen LogP contribution in [0.15, 0.2) is 0 Å². The highest BCUT2D eigenvalue weighted by molar-refractivity contribution is 5.75. The van der Waals surface area contributed by atoms with Gasteiger partial charge in [0.25, 0.3) is 0 Å². The maximum atomic E-state index is 11.7. The normalized spacial score (nSPS) is 30.1. The van der Waals surface area contributed by atoms with Crippen LogP contribution >= 0.6 is 0 Å². The molecule has 0 spiro atoms. The number of carboxylic acids is 1. The first kappa shape index (κ1) is 12.9. The number of carbonyl (C=O) groups is 1. The Kier molecular flexibility index (Phi) is 4.08. The second-order valence-corrected chi connectivity index (χ2v) is 6.13. The summed E-state index contributed by atoms with van der Waals surface area (Å²) < 4.78 is 0. The zero-order chi connectivity index (χ0) is 12.3. The molecule has 0 bridgehead atoms. The fraction of sp³-hybridized carbons (Fsp3) is 0.929. The van der Waals surface area contributed by atoms with E-state index in [-0.39, 0.29) is 0 Å². The van der Waals surface area contributed by atoms with Crippen molar-refractivity contribution in [3.63, 3.8) is 0 Å². The molecule has 3 nitrogen and oxygen atoms in total. The Bertz CT molecular complexity index is 269. The van der Waals surface area contributed by atoms with Crippen molar-refractivity contribution in [2.24, 2.45) is 11.3 Å². The summed E-state index contributed by atoms with van der Waals surface area (Å²) in [6.07, 6.45) is 7.61. The van der Waals surface area contributed by atoms with Crippen LogP contribution in [-0.2, 0) is 4.79 Å². The molecule has 1 aliphatic carbocycles. The van der Waals surface area contributed by atoms with E-state index in [0.29, 0.717) is 0 Å². The maximum Gasteiger partial charge on any atom is 0.310 e. The largest absolute Gasteiger partial charge is 0.481 e. The molecule has 1 N–H and O–H groups in total. The SMILES string of the molecule is CC1CCN(CC2(C(=O)O)CCCCCC2)C1. The molecule has 3 heteroatoms. The second-order valence-electron chi connectivity index (χ2n) is 6.13. The van der Waals surface area contributed by atoms with E-state index in [4.69, 9.17) is 0 Å². The highest BCUT2D eigenvalue weighted by Crippen LogP contribution is 2.37. The lowest BCUT2D eigenvalue weighted by Crippen LogP contribution is -2.42. The molecule has 2 rings (SSSR count). The van der Waals surface area contributed by atoms with Crippen molar-refractivity contribution in [2.45, 2.75) is 51.9 Å². The molecule has 1 atom stereocenters. The Morgan fingerprint density at radius 3 is 2.41 bits per heavy atom. The van der Waals surface area contributed by atoms with E-state index in [1.54, 1.807) is 0 Å². The van der Waals surface area contributed by atoms with Crippen LogP contribution in [0.1, 0.15) is 51.9 Å². The zero-order valence-corrected chi connectivity index (χ0v) is 11.0. The van der Waals surface area contributed by atoms with Crippen molar-refractivity contribution < 1.29 is 9.90 Å². The number of carboxylic acid groups (broad SMARTS) is 1. The smallest absolute Gasteiger partial charge is 0.310 e. The lowest BCUT2D eigenvalue weighted by atomic mass is 9.80. The second kappa shape index (κ2) is 5.38. The molecule has 0 aromatic carbocycles. The topological polar surface area (TPSA) is 40.5 Å². The van der Waals surface area contributed by atoms with Crippen molar-refractivity contribution in [1.29, 1.82) is 0 Å². The minimum Gasteiger partial charge on any atom is -0.481 e. The van der Waals surface area contributed by atoms with E-state index >= 15 is 0 Å². The van der Waals surface area contributed by atoms with E-state index in [1.165, 1.54) is 19.3 Å². The summed E-state index contributed by atoms with van der Waals surface area (Å²) in [5, 5.41) is 9.61.